The van der Waals surface area contributed by atoms with E-state index in [4.69, 9.17) is 0 Å². The molecule has 0 aromatic carbocycles. The number of carbonyl (C=O) groups excluding carboxylic acids is 1. The number of aromatic amines is 1. The van der Waals surface area contributed by atoms with Crippen LogP contribution in [0.25, 0.3) is 0 Å². The summed E-state index contributed by atoms with van der Waals surface area (Å²) < 4.78 is 0. The minimum absolute atomic E-state index is 0. The molecule has 2 rings (SSSR count). The zero-order chi connectivity index (χ0) is 13.0. The number of piperidine rings is 1. The third kappa shape index (κ3) is 3.94. The van der Waals surface area contributed by atoms with Crippen LogP contribution >= 0.6 is 12.4 Å². The molecular weight excluding hydrogens is 264 g/mol. The van der Waals surface area contributed by atoms with E-state index in [-0.39, 0.29) is 18.3 Å². The summed E-state index contributed by atoms with van der Waals surface area (Å²) in [6.07, 6.45) is 3.81. The van der Waals surface area contributed by atoms with Gasteiger partial charge in [0.2, 0.25) is 0 Å². The van der Waals surface area contributed by atoms with E-state index in [0.29, 0.717) is 11.5 Å². The first-order valence-corrected chi connectivity index (χ1v) is 6.72. The van der Waals surface area contributed by atoms with Crippen LogP contribution in [-0.4, -0.2) is 47.2 Å². The average molecular weight is 287 g/mol. The quantitative estimate of drug-likeness (QED) is 0.884. The molecule has 0 saturated carbocycles. The van der Waals surface area contributed by atoms with Gasteiger partial charge in [-0.05, 0) is 38.8 Å². The molecule has 0 bridgehead atoms. The van der Waals surface area contributed by atoms with Crippen LogP contribution in [0.5, 0.6) is 0 Å². The first kappa shape index (κ1) is 16.0. The Morgan fingerprint density at radius 2 is 2.21 bits per heavy atom. The largest absolute Gasteiger partial charge is 0.339 e. The van der Waals surface area contributed by atoms with E-state index in [0.717, 1.165) is 44.7 Å². The number of halogens is 1. The van der Waals surface area contributed by atoms with Crippen molar-refractivity contribution in [2.24, 2.45) is 5.92 Å². The van der Waals surface area contributed by atoms with Crippen molar-refractivity contribution in [3.05, 3.63) is 17.5 Å². The molecule has 2 heterocycles. The van der Waals surface area contributed by atoms with Crippen molar-refractivity contribution in [2.75, 3.05) is 26.2 Å². The molecule has 5 nitrogen and oxygen atoms in total. The fraction of sp³-hybridized carbons (Fsp3) is 0.692. The molecule has 1 aromatic heterocycles. The predicted octanol–water partition coefficient (Wildman–Crippen LogP) is 1.60. The smallest absolute Gasteiger partial charge is 0.257 e. The molecule has 108 valence electrons. The van der Waals surface area contributed by atoms with Crippen molar-refractivity contribution in [3.63, 3.8) is 0 Å². The maximum Gasteiger partial charge on any atom is 0.257 e. The molecule has 1 aromatic rings. The van der Waals surface area contributed by atoms with Crippen molar-refractivity contribution in [2.45, 2.75) is 26.7 Å². The third-order valence-corrected chi connectivity index (χ3v) is 3.65. The summed E-state index contributed by atoms with van der Waals surface area (Å²) in [4.78, 5) is 14.2. The first-order valence-electron chi connectivity index (χ1n) is 6.72. The second-order valence-electron chi connectivity index (χ2n) is 4.95. The molecule has 1 fully saturated rings. The number of carbonyl (C=O) groups is 1. The number of aromatic nitrogens is 2. The highest BCUT2D eigenvalue weighted by Crippen LogP contribution is 2.19. The molecule has 0 aliphatic carbocycles. The number of aryl methyl sites for hydroxylation is 1. The van der Waals surface area contributed by atoms with E-state index in [1.807, 2.05) is 11.8 Å². The minimum Gasteiger partial charge on any atom is -0.339 e. The standard InChI is InChI=1S/C13H22N4O.ClH/c1-3-14-8-11-4-6-17(7-5-11)13(18)12-9-15-16-10(12)2;/h9,11,14H,3-8H2,1-2H3,(H,15,16);1H. The van der Waals surface area contributed by atoms with Crippen molar-refractivity contribution < 1.29 is 4.79 Å². The Kier molecular flexibility index (Phi) is 6.31. The van der Waals surface area contributed by atoms with Crippen LogP contribution in [0.1, 0.15) is 35.8 Å². The van der Waals surface area contributed by atoms with E-state index >= 15 is 0 Å². The number of nitrogens with zero attached hydrogens (tertiary/aromatic N) is 2. The average Bonchev–Trinajstić information content (AvgIpc) is 2.82. The highest BCUT2D eigenvalue weighted by atomic mass is 35.5. The molecule has 19 heavy (non-hydrogen) atoms. The lowest BCUT2D eigenvalue weighted by molar-refractivity contribution is 0.0689. The molecule has 1 saturated heterocycles. The molecule has 0 radical (unpaired) electrons. The molecule has 1 amide bonds. The van der Waals surface area contributed by atoms with Gasteiger partial charge in [0.05, 0.1) is 11.8 Å². The topological polar surface area (TPSA) is 61.0 Å². The Morgan fingerprint density at radius 3 is 2.74 bits per heavy atom. The van der Waals surface area contributed by atoms with Crippen molar-refractivity contribution >= 4 is 18.3 Å². The van der Waals surface area contributed by atoms with E-state index in [1.165, 1.54) is 0 Å². The fourth-order valence-corrected chi connectivity index (χ4v) is 2.43. The van der Waals surface area contributed by atoms with Crippen molar-refractivity contribution in [1.29, 1.82) is 0 Å². The molecule has 0 atom stereocenters. The Morgan fingerprint density at radius 1 is 1.53 bits per heavy atom. The lowest BCUT2D eigenvalue weighted by Crippen LogP contribution is -2.40. The van der Waals surface area contributed by atoms with Crippen molar-refractivity contribution in [3.8, 4) is 0 Å². The highest BCUT2D eigenvalue weighted by molar-refractivity contribution is 5.95. The van der Waals surface area contributed by atoms with Gasteiger partial charge < -0.3 is 10.2 Å². The van der Waals surface area contributed by atoms with Gasteiger partial charge >= 0.3 is 0 Å². The molecule has 6 heteroatoms. The number of H-pyrrole nitrogens is 1. The van der Waals surface area contributed by atoms with Gasteiger partial charge in [-0.15, -0.1) is 12.4 Å². The monoisotopic (exact) mass is 286 g/mol. The molecular formula is C13H23ClN4O. The molecule has 1 aliphatic heterocycles. The number of rotatable bonds is 4. The third-order valence-electron chi connectivity index (χ3n) is 3.65. The number of likely N-dealkylation sites (tertiary alicyclic amines) is 1. The van der Waals surface area contributed by atoms with Gasteiger partial charge in [0.25, 0.3) is 5.91 Å². The van der Waals surface area contributed by atoms with Crippen LogP contribution < -0.4 is 5.32 Å². The number of amides is 1. The second-order valence-corrected chi connectivity index (χ2v) is 4.95. The maximum atomic E-state index is 12.3. The van der Waals surface area contributed by atoms with E-state index in [9.17, 15) is 4.79 Å². The maximum absolute atomic E-state index is 12.3. The summed E-state index contributed by atoms with van der Waals surface area (Å²) in [5.74, 6) is 0.822. The SMILES string of the molecule is CCNCC1CCN(C(=O)c2cn[nH]c2C)CC1.Cl. The fourth-order valence-electron chi connectivity index (χ4n) is 2.43. The Labute approximate surface area is 120 Å². The Balaban J connectivity index is 0.00000180. The molecule has 0 spiro atoms. The van der Waals surface area contributed by atoms with E-state index in [1.54, 1.807) is 6.20 Å². The first-order chi connectivity index (χ1) is 8.72. The summed E-state index contributed by atoms with van der Waals surface area (Å²) in [7, 11) is 0. The van der Waals surface area contributed by atoms with Crippen LogP contribution in [0.15, 0.2) is 6.20 Å². The van der Waals surface area contributed by atoms with Gasteiger partial charge in [-0.3, -0.25) is 9.89 Å². The summed E-state index contributed by atoms with van der Waals surface area (Å²) in [5, 5.41) is 10.1. The summed E-state index contributed by atoms with van der Waals surface area (Å²) in [5.41, 5.74) is 1.56. The summed E-state index contributed by atoms with van der Waals surface area (Å²) in [6, 6.07) is 0. The normalized spacial score (nSPS) is 16.2. The number of nitrogens with one attached hydrogen (secondary N) is 2. The highest BCUT2D eigenvalue weighted by Gasteiger charge is 2.24. The van der Waals surface area contributed by atoms with Gasteiger partial charge in [-0.25, -0.2) is 0 Å². The van der Waals surface area contributed by atoms with Gasteiger partial charge in [0.15, 0.2) is 0 Å². The van der Waals surface area contributed by atoms with Crippen LogP contribution in [0.4, 0.5) is 0 Å². The lowest BCUT2D eigenvalue weighted by atomic mass is 9.96. The Hall–Kier alpha value is -1.07. The van der Waals surface area contributed by atoms with Crippen LogP contribution in [-0.2, 0) is 0 Å². The van der Waals surface area contributed by atoms with E-state index in [2.05, 4.69) is 22.4 Å². The second kappa shape index (κ2) is 7.50. The van der Waals surface area contributed by atoms with Crippen LogP contribution in [0, 0.1) is 12.8 Å². The summed E-state index contributed by atoms with van der Waals surface area (Å²) in [6.45, 7) is 7.83. The predicted molar refractivity (Wildman–Crippen MR) is 77.7 cm³/mol. The van der Waals surface area contributed by atoms with Crippen LogP contribution in [0.2, 0.25) is 0 Å². The molecule has 1 aliphatic rings. The van der Waals surface area contributed by atoms with Gasteiger partial charge in [-0.2, -0.15) is 5.10 Å². The summed E-state index contributed by atoms with van der Waals surface area (Å²) >= 11 is 0. The van der Waals surface area contributed by atoms with Gasteiger partial charge in [0.1, 0.15) is 0 Å². The zero-order valence-corrected chi connectivity index (χ0v) is 12.4. The molecule has 2 N–H and O–H groups in total. The number of hydrogen-bond donors (Lipinski definition) is 2. The lowest BCUT2D eigenvalue weighted by Gasteiger charge is -2.32. The van der Waals surface area contributed by atoms with Crippen LogP contribution in [0.3, 0.4) is 0 Å². The Bertz CT molecular complexity index is 399. The number of hydrogen-bond acceptors (Lipinski definition) is 3. The van der Waals surface area contributed by atoms with Crippen molar-refractivity contribution in [1.82, 2.24) is 20.4 Å². The zero-order valence-electron chi connectivity index (χ0n) is 11.6. The molecule has 0 unspecified atom stereocenters. The van der Waals surface area contributed by atoms with Gasteiger partial charge in [0, 0.05) is 18.8 Å². The van der Waals surface area contributed by atoms with E-state index < -0.39 is 0 Å². The minimum atomic E-state index is 0. The van der Waals surface area contributed by atoms with Gasteiger partial charge in [-0.1, -0.05) is 6.92 Å².